The molecule has 4 heteroatoms. The fourth-order valence-electron chi connectivity index (χ4n) is 3.78. The maximum atomic E-state index is 13.1. The Morgan fingerprint density at radius 1 is 1.26 bits per heavy atom. The van der Waals surface area contributed by atoms with Crippen LogP contribution in [0.1, 0.15) is 39.5 Å². The number of benzene rings is 1. The number of carbonyl (C=O) groups is 1. The van der Waals surface area contributed by atoms with Crippen molar-refractivity contribution in [1.82, 2.24) is 4.90 Å². The third-order valence-corrected chi connectivity index (χ3v) is 6.28. The van der Waals surface area contributed by atoms with Crippen LogP contribution in [0.4, 0.5) is 5.69 Å². The van der Waals surface area contributed by atoms with Crippen molar-refractivity contribution in [2.24, 2.45) is 0 Å². The van der Waals surface area contributed by atoms with Crippen LogP contribution < -0.4 is 4.90 Å². The predicted octanol–water partition coefficient (Wildman–Crippen LogP) is 3.79. The second-order valence-corrected chi connectivity index (χ2v) is 9.14. The van der Waals surface area contributed by atoms with Gasteiger partial charge in [0, 0.05) is 16.5 Å². The molecule has 3 nitrogen and oxygen atoms in total. The fraction of sp³-hybridized carbons (Fsp3) is 0.632. The molecule has 2 fully saturated rings. The molecule has 1 aromatic rings. The topological polar surface area (TPSA) is 23.6 Å². The first-order valence-electron chi connectivity index (χ1n) is 8.79. The average molecular weight is 333 g/mol. The number of amides is 1. The van der Waals surface area contributed by atoms with E-state index in [0.29, 0.717) is 12.6 Å². The first-order valence-corrected chi connectivity index (χ1v) is 9.77. The van der Waals surface area contributed by atoms with Gasteiger partial charge in [-0.2, -0.15) is 11.8 Å². The lowest BCUT2D eigenvalue weighted by Gasteiger charge is -2.41. The van der Waals surface area contributed by atoms with Crippen LogP contribution in [0.2, 0.25) is 0 Å². The van der Waals surface area contributed by atoms with Gasteiger partial charge in [-0.05, 0) is 56.7 Å². The summed E-state index contributed by atoms with van der Waals surface area (Å²) in [5.74, 6) is 1.41. The molecule has 0 aromatic heterocycles. The summed E-state index contributed by atoms with van der Waals surface area (Å²) < 4.78 is 0.254. The molecular formula is C19H28N2OS. The summed E-state index contributed by atoms with van der Waals surface area (Å²) in [7, 11) is 0. The largest absolute Gasteiger partial charge is 0.308 e. The quantitative estimate of drug-likeness (QED) is 0.838. The molecule has 0 radical (unpaired) electrons. The van der Waals surface area contributed by atoms with Gasteiger partial charge in [-0.1, -0.05) is 32.0 Å². The molecule has 2 aliphatic heterocycles. The van der Waals surface area contributed by atoms with E-state index in [1.165, 1.54) is 12.8 Å². The summed E-state index contributed by atoms with van der Waals surface area (Å²) in [6.45, 7) is 7.32. The van der Waals surface area contributed by atoms with E-state index in [2.05, 4.69) is 35.8 Å². The Kier molecular flexibility index (Phi) is 5.32. The van der Waals surface area contributed by atoms with Gasteiger partial charge in [-0.3, -0.25) is 9.69 Å². The molecule has 0 saturated carbocycles. The second-order valence-electron chi connectivity index (χ2n) is 7.34. The SMILES string of the molecule is CC1(C)CC(N(C(=O)CN2CCCC2)c2ccccc2)CCS1. The molecule has 2 aliphatic rings. The van der Waals surface area contributed by atoms with E-state index in [0.717, 1.165) is 37.4 Å². The van der Waals surface area contributed by atoms with Crippen LogP contribution >= 0.6 is 11.8 Å². The second kappa shape index (κ2) is 7.27. The summed E-state index contributed by atoms with van der Waals surface area (Å²) in [6, 6.07) is 10.6. The minimum absolute atomic E-state index is 0.254. The van der Waals surface area contributed by atoms with E-state index in [-0.39, 0.29) is 10.7 Å². The molecule has 2 heterocycles. The van der Waals surface area contributed by atoms with E-state index in [4.69, 9.17) is 0 Å². The van der Waals surface area contributed by atoms with E-state index >= 15 is 0 Å². The third-order valence-electron chi connectivity index (χ3n) is 4.90. The van der Waals surface area contributed by atoms with Crippen LogP contribution in [0.5, 0.6) is 0 Å². The molecule has 0 N–H and O–H groups in total. The van der Waals surface area contributed by atoms with Gasteiger partial charge in [0.05, 0.1) is 6.54 Å². The summed E-state index contributed by atoms with van der Waals surface area (Å²) in [5, 5.41) is 0. The van der Waals surface area contributed by atoms with Crippen molar-refractivity contribution in [3.63, 3.8) is 0 Å². The van der Waals surface area contributed by atoms with Crippen LogP contribution in [0.15, 0.2) is 30.3 Å². The average Bonchev–Trinajstić information content (AvgIpc) is 3.00. The molecule has 0 spiro atoms. The first kappa shape index (κ1) is 16.8. The summed E-state index contributed by atoms with van der Waals surface area (Å²) in [5.41, 5.74) is 1.06. The van der Waals surface area contributed by atoms with Crippen molar-refractivity contribution in [3.8, 4) is 0 Å². The number of likely N-dealkylation sites (tertiary alicyclic amines) is 1. The molecule has 0 bridgehead atoms. The number of rotatable bonds is 4. The van der Waals surface area contributed by atoms with Crippen molar-refractivity contribution >= 4 is 23.4 Å². The lowest BCUT2D eigenvalue weighted by Crippen LogP contribution is -2.49. The van der Waals surface area contributed by atoms with Crippen molar-refractivity contribution in [1.29, 1.82) is 0 Å². The Labute approximate surface area is 144 Å². The minimum Gasteiger partial charge on any atom is -0.308 e. The zero-order valence-corrected chi connectivity index (χ0v) is 15.1. The zero-order chi connectivity index (χ0) is 16.3. The highest BCUT2D eigenvalue weighted by atomic mass is 32.2. The number of hydrogen-bond donors (Lipinski definition) is 0. The van der Waals surface area contributed by atoms with Crippen LogP contribution in [0, 0.1) is 0 Å². The highest BCUT2D eigenvalue weighted by Crippen LogP contribution is 2.38. The van der Waals surface area contributed by atoms with E-state index < -0.39 is 0 Å². The number of hydrogen-bond acceptors (Lipinski definition) is 3. The molecule has 3 rings (SSSR count). The summed E-state index contributed by atoms with van der Waals surface area (Å²) >= 11 is 2.03. The predicted molar refractivity (Wildman–Crippen MR) is 99.2 cm³/mol. The number of para-hydroxylation sites is 1. The zero-order valence-electron chi connectivity index (χ0n) is 14.3. The lowest BCUT2D eigenvalue weighted by molar-refractivity contribution is -0.120. The van der Waals surface area contributed by atoms with Gasteiger partial charge in [0.1, 0.15) is 0 Å². The highest BCUT2D eigenvalue weighted by Gasteiger charge is 2.35. The highest BCUT2D eigenvalue weighted by molar-refractivity contribution is 8.00. The van der Waals surface area contributed by atoms with Crippen LogP contribution in [0.3, 0.4) is 0 Å². The standard InChI is InChI=1S/C19H28N2OS/c1-19(2)14-17(10-13-23-19)21(16-8-4-3-5-9-16)18(22)15-20-11-6-7-12-20/h3-5,8-9,17H,6-7,10-15H2,1-2H3. The Bertz CT molecular complexity index is 525. The Hall–Kier alpha value is -1.00. The minimum atomic E-state index is 0.254. The van der Waals surface area contributed by atoms with Crippen molar-refractivity contribution in [2.75, 3.05) is 30.3 Å². The Morgan fingerprint density at radius 2 is 1.96 bits per heavy atom. The Morgan fingerprint density at radius 3 is 2.61 bits per heavy atom. The van der Waals surface area contributed by atoms with E-state index in [1.807, 2.05) is 30.0 Å². The summed E-state index contributed by atoms with van der Waals surface area (Å²) in [4.78, 5) is 17.5. The lowest BCUT2D eigenvalue weighted by atomic mass is 9.97. The van der Waals surface area contributed by atoms with Gasteiger partial charge in [-0.25, -0.2) is 0 Å². The number of thioether (sulfide) groups is 1. The molecule has 23 heavy (non-hydrogen) atoms. The smallest absolute Gasteiger partial charge is 0.241 e. The molecule has 1 aromatic carbocycles. The van der Waals surface area contributed by atoms with Crippen LogP contribution in [-0.4, -0.2) is 47.0 Å². The first-order chi connectivity index (χ1) is 11.1. The van der Waals surface area contributed by atoms with Gasteiger partial charge in [0.15, 0.2) is 0 Å². The van der Waals surface area contributed by atoms with Crippen molar-refractivity contribution < 1.29 is 4.79 Å². The van der Waals surface area contributed by atoms with Crippen molar-refractivity contribution in [2.45, 2.75) is 50.3 Å². The third kappa shape index (κ3) is 4.30. The molecule has 0 aliphatic carbocycles. The number of nitrogens with zero attached hydrogens (tertiary/aromatic N) is 2. The molecule has 1 atom stereocenters. The van der Waals surface area contributed by atoms with Gasteiger partial charge < -0.3 is 4.90 Å². The monoisotopic (exact) mass is 332 g/mol. The molecule has 2 saturated heterocycles. The van der Waals surface area contributed by atoms with E-state index in [9.17, 15) is 4.79 Å². The van der Waals surface area contributed by atoms with Gasteiger partial charge in [-0.15, -0.1) is 0 Å². The normalized spacial score (nSPS) is 24.5. The van der Waals surface area contributed by atoms with Crippen molar-refractivity contribution in [3.05, 3.63) is 30.3 Å². The van der Waals surface area contributed by atoms with Crippen LogP contribution in [-0.2, 0) is 4.79 Å². The van der Waals surface area contributed by atoms with Gasteiger partial charge in [0.25, 0.3) is 0 Å². The van der Waals surface area contributed by atoms with Gasteiger partial charge in [0.2, 0.25) is 5.91 Å². The summed E-state index contributed by atoms with van der Waals surface area (Å²) in [6.07, 6.45) is 4.62. The van der Waals surface area contributed by atoms with E-state index in [1.54, 1.807) is 0 Å². The molecule has 1 amide bonds. The Balaban J connectivity index is 1.80. The number of carbonyl (C=O) groups excluding carboxylic acids is 1. The van der Waals surface area contributed by atoms with Crippen LogP contribution in [0.25, 0.3) is 0 Å². The maximum absolute atomic E-state index is 13.1. The molecule has 1 unspecified atom stereocenters. The fourth-order valence-corrected chi connectivity index (χ4v) is 5.03. The maximum Gasteiger partial charge on any atom is 0.241 e. The molecule has 126 valence electrons. The molecular weight excluding hydrogens is 304 g/mol. The number of anilines is 1. The van der Waals surface area contributed by atoms with Gasteiger partial charge >= 0.3 is 0 Å².